The highest BCUT2D eigenvalue weighted by molar-refractivity contribution is 9.10. The van der Waals surface area contributed by atoms with Crippen molar-refractivity contribution in [3.8, 4) is 11.6 Å². The number of nitrogens with two attached hydrogens (primary N) is 1. The highest BCUT2D eigenvalue weighted by atomic mass is 79.9. The fraction of sp³-hybridized carbons (Fsp3) is 0.154. The maximum Gasteiger partial charge on any atom is 0.233 e. The van der Waals surface area contributed by atoms with Gasteiger partial charge >= 0.3 is 0 Å². The number of pyridine rings is 1. The Morgan fingerprint density at radius 2 is 1.94 bits per heavy atom. The lowest BCUT2D eigenvalue weighted by molar-refractivity contribution is 0.459. The average Bonchev–Trinajstić information content (AvgIpc) is 2.30. The molecular weight excluding hydrogens is 280 g/mol. The Labute approximate surface area is 109 Å². The first-order valence-electron chi connectivity index (χ1n) is 5.23. The van der Waals surface area contributed by atoms with Crippen LogP contribution in [0.25, 0.3) is 0 Å². The molecule has 0 saturated carbocycles. The van der Waals surface area contributed by atoms with Crippen molar-refractivity contribution in [3.63, 3.8) is 0 Å². The summed E-state index contributed by atoms with van der Waals surface area (Å²) < 4.78 is 6.58. The van der Waals surface area contributed by atoms with Gasteiger partial charge in [-0.3, -0.25) is 0 Å². The molecule has 2 rings (SSSR count). The lowest BCUT2D eigenvalue weighted by Crippen LogP contribution is -1.93. The van der Waals surface area contributed by atoms with Gasteiger partial charge in [0.15, 0.2) is 0 Å². The Morgan fingerprint density at radius 1 is 1.18 bits per heavy atom. The Balaban J connectivity index is 2.31. The summed E-state index contributed by atoms with van der Waals surface area (Å²) in [6.45, 7) is 3.94. The fourth-order valence-corrected chi connectivity index (χ4v) is 1.73. The lowest BCUT2D eigenvalue weighted by Gasteiger charge is -2.09. The van der Waals surface area contributed by atoms with Crippen molar-refractivity contribution in [2.24, 2.45) is 0 Å². The van der Waals surface area contributed by atoms with E-state index in [1.165, 1.54) is 0 Å². The van der Waals surface area contributed by atoms with Crippen LogP contribution >= 0.6 is 15.9 Å². The second-order valence-corrected chi connectivity index (χ2v) is 4.66. The van der Waals surface area contributed by atoms with Gasteiger partial charge in [0.05, 0.1) is 4.47 Å². The third-order valence-electron chi connectivity index (χ3n) is 2.51. The summed E-state index contributed by atoms with van der Waals surface area (Å²) in [4.78, 5) is 4.19. The standard InChI is InChI=1S/C13H13BrN2O/c1-8-5-6-16-13(12(8)14)17-10-3-4-11(15)9(2)7-10/h3-7H,15H2,1-2H3. The molecule has 1 aromatic carbocycles. The number of halogens is 1. The first-order chi connectivity index (χ1) is 8.08. The third kappa shape index (κ3) is 2.58. The predicted octanol–water partition coefficient (Wildman–Crippen LogP) is 3.84. The summed E-state index contributed by atoms with van der Waals surface area (Å²) in [5.41, 5.74) is 8.59. The smallest absolute Gasteiger partial charge is 0.233 e. The number of aryl methyl sites for hydroxylation is 2. The molecule has 0 amide bonds. The molecule has 2 aromatic rings. The van der Waals surface area contributed by atoms with Gasteiger partial charge in [0, 0.05) is 11.9 Å². The van der Waals surface area contributed by atoms with E-state index in [2.05, 4.69) is 20.9 Å². The molecular formula is C13H13BrN2O. The number of rotatable bonds is 2. The van der Waals surface area contributed by atoms with E-state index in [9.17, 15) is 0 Å². The molecule has 0 aliphatic rings. The maximum atomic E-state index is 5.76. The molecule has 2 N–H and O–H groups in total. The minimum absolute atomic E-state index is 0.564. The molecule has 4 heteroatoms. The summed E-state index contributed by atoms with van der Waals surface area (Å²) in [6, 6.07) is 7.48. The van der Waals surface area contributed by atoms with Crippen LogP contribution in [-0.4, -0.2) is 4.98 Å². The third-order valence-corrected chi connectivity index (χ3v) is 3.47. The monoisotopic (exact) mass is 292 g/mol. The number of benzene rings is 1. The number of ether oxygens (including phenoxy) is 1. The number of hydrogen-bond donors (Lipinski definition) is 1. The van der Waals surface area contributed by atoms with Crippen LogP contribution in [0.1, 0.15) is 11.1 Å². The van der Waals surface area contributed by atoms with Crippen molar-refractivity contribution in [2.75, 3.05) is 5.73 Å². The zero-order valence-electron chi connectivity index (χ0n) is 9.70. The molecule has 0 aliphatic carbocycles. The number of aromatic nitrogens is 1. The van der Waals surface area contributed by atoms with Crippen LogP contribution in [0.3, 0.4) is 0 Å². The van der Waals surface area contributed by atoms with Gasteiger partial charge in [-0.15, -0.1) is 0 Å². The normalized spacial score (nSPS) is 10.3. The molecule has 0 radical (unpaired) electrons. The SMILES string of the molecule is Cc1cc(Oc2nccc(C)c2Br)ccc1N. The molecule has 0 saturated heterocycles. The van der Waals surface area contributed by atoms with Crippen molar-refractivity contribution in [3.05, 3.63) is 46.1 Å². The van der Waals surface area contributed by atoms with Gasteiger partial charge < -0.3 is 10.5 Å². The number of nitrogen functional groups attached to an aromatic ring is 1. The van der Waals surface area contributed by atoms with E-state index in [0.717, 1.165) is 27.0 Å². The van der Waals surface area contributed by atoms with Gasteiger partial charge in [-0.1, -0.05) is 0 Å². The molecule has 0 spiro atoms. The van der Waals surface area contributed by atoms with Crippen LogP contribution in [-0.2, 0) is 0 Å². The highest BCUT2D eigenvalue weighted by Gasteiger charge is 2.07. The van der Waals surface area contributed by atoms with Gasteiger partial charge in [-0.25, -0.2) is 4.98 Å². The predicted molar refractivity (Wildman–Crippen MR) is 72.3 cm³/mol. The van der Waals surface area contributed by atoms with Crippen LogP contribution in [0.2, 0.25) is 0 Å². The van der Waals surface area contributed by atoms with Crippen molar-refractivity contribution >= 4 is 21.6 Å². The fourth-order valence-electron chi connectivity index (χ4n) is 1.41. The van der Waals surface area contributed by atoms with Gasteiger partial charge in [-0.2, -0.15) is 0 Å². The van der Waals surface area contributed by atoms with Crippen molar-refractivity contribution in [1.82, 2.24) is 4.98 Å². The molecule has 17 heavy (non-hydrogen) atoms. The van der Waals surface area contributed by atoms with E-state index in [1.807, 2.05) is 38.1 Å². The first kappa shape index (κ1) is 11.9. The zero-order valence-corrected chi connectivity index (χ0v) is 11.3. The molecule has 88 valence electrons. The molecule has 0 aliphatic heterocycles. The number of anilines is 1. The molecule has 0 fully saturated rings. The van der Waals surface area contributed by atoms with E-state index in [4.69, 9.17) is 10.5 Å². The Morgan fingerprint density at radius 3 is 2.65 bits per heavy atom. The van der Waals surface area contributed by atoms with Gasteiger partial charge in [0.2, 0.25) is 5.88 Å². The molecule has 0 atom stereocenters. The van der Waals surface area contributed by atoms with E-state index < -0.39 is 0 Å². The van der Waals surface area contributed by atoms with Crippen molar-refractivity contribution < 1.29 is 4.74 Å². The van der Waals surface area contributed by atoms with Gasteiger partial charge in [-0.05, 0) is 65.2 Å². The highest BCUT2D eigenvalue weighted by Crippen LogP contribution is 2.30. The number of nitrogens with zero attached hydrogens (tertiary/aromatic N) is 1. The first-order valence-corrected chi connectivity index (χ1v) is 6.02. The average molecular weight is 293 g/mol. The molecule has 1 aromatic heterocycles. The Kier molecular flexibility index (Phi) is 3.33. The molecule has 0 bridgehead atoms. The maximum absolute atomic E-state index is 5.76. The molecule has 1 heterocycles. The largest absolute Gasteiger partial charge is 0.438 e. The van der Waals surface area contributed by atoms with Crippen LogP contribution in [0.4, 0.5) is 5.69 Å². The zero-order chi connectivity index (χ0) is 12.4. The van der Waals surface area contributed by atoms with Crippen LogP contribution in [0.15, 0.2) is 34.9 Å². The quantitative estimate of drug-likeness (QED) is 0.856. The van der Waals surface area contributed by atoms with E-state index in [1.54, 1.807) is 6.20 Å². The van der Waals surface area contributed by atoms with Gasteiger partial charge in [0.25, 0.3) is 0 Å². The number of hydrogen-bond acceptors (Lipinski definition) is 3. The molecule has 0 unspecified atom stereocenters. The summed E-state index contributed by atoms with van der Waals surface area (Å²) in [6.07, 6.45) is 1.72. The Hall–Kier alpha value is -1.55. The second kappa shape index (κ2) is 4.75. The Bertz CT molecular complexity index is 555. The second-order valence-electron chi connectivity index (χ2n) is 3.87. The van der Waals surface area contributed by atoms with Crippen LogP contribution in [0.5, 0.6) is 11.6 Å². The summed E-state index contributed by atoms with van der Waals surface area (Å²) in [7, 11) is 0. The van der Waals surface area contributed by atoms with Crippen LogP contribution in [0, 0.1) is 13.8 Å². The van der Waals surface area contributed by atoms with E-state index in [0.29, 0.717) is 5.88 Å². The molecule has 3 nitrogen and oxygen atoms in total. The minimum atomic E-state index is 0.564. The van der Waals surface area contributed by atoms with Crippen LogP contribution < -0.4 is 10.5 Å². The summed E-state index contributed by atoms with van der Waals surface area (Å²) in [5.74, 6) is 1.30. The summed E-state index contributed by atoms with van der Waals surface area (Å²) >= 11 is 3.46. The van der Waals surface area contributed by atoms with Crippen molar-refractivity contribution in [1.29, 1.82) is 0 Å². The minimum Gasteiger partial charge on any atom is -0.438 e. The topological polar surface area (TPSA) is 48.1 Å². The van der Waals surface area contributed by atoms with Crippen molar-refractivity contribution in [2.45, 2.75) is 13.8 Å². The van der Waals surface area contributed by atoms with E-state index >= 15 is 0 Å². The lowest BCUT2D eigenvalue weighted by atomic mass is 10.2. The van der Waals surface area contributed by atoms with E-state index in [-0.39, 0.29) is 0 Å². The van der Waals surface area contributed by atoms with Gasteiger partial charge in [0.1, 0.15) is 5.75 Å². The summed E-state index contributed by atoms with van der Waals surface area (Å²) in [5, 5.41) is 0.